The van der Waals surface area contributed by atoms with E-state index in [2.05, 4.69) is 41.3 Å². The number of para-hydroxylation sites is 1. The van der Waals surface area contributed by atoms with E-state index in [1.165, 1.54) is 36.1 Å². The first-order valence-corrected chi connectivity index (χ1v) is 7.96. The van der Waals surface area contributed by atoms with E-state index >= 15 is 0 Å². The molecule has 1 aliphatic heterocycles. The Hall–Kier alpha value is -1.51. The Morgan fingerprint density at radius 1 is 1.10 bits per heavy atom. The lowest BCUT2D eigenvalue weighted by Gasteiger charge is -2.25. The molecule has 3 rings (SSSR count). The monoisotopic (exact) mass is 300 g/mol. The molecule has 0 unspecified atom stereocenters. The predicted octanol–water partition coefficient (Wildman–Crippen LogP) is 4.14. The number of anilines is 1. The molecule has 3 heteroatoms. The fourth-order valence-corrected chi connectivity index (χ4v) is 3.25. The molecule has 2 aromatic carbocycles. The first-order valence-electron chi connectivity index (χ1n) is 7.58. The number of nitrogens with zero attached hydrogens (tertiary/aromatic N) is 1. The lowest BCUT2D eigenvalue weighted by molar-refractivity contribution is 0.714. The maximum absolute atomic E-state index is 6.41. The summed E-state index contributed by atoms with van der Waals surface area (Å²) in [6, 6.07) is 14.9. The molecule has 0 aliphatic carbocycles. The third-order valence-electron chi connectivity index (χ3n) is 4.17. The lowest BCUT2D eigenvalue weighted by atomic mass is 10.1. The van der Waals surface area contributed by atoms with E-state index < -0.39 is 0 Å². The largest absolute Gasteiger partial charge is 0.367 e. The second-order valence-corrected chi connectivity index (χ2v) is 6.04. The summed E-state index contributed by atoms with van der Waals surface area (Å²) in [5.41, 5.74) is 10.7. The number of nitrogens with two attached hydrogens (primary N) is 1. The molecule has 0 bridgehead atoms. The Balaban J connectivity index is 1.87. The number of fused-ring (bicyclic) bond motifs is 1. The van der Waals surface area contributed by atoms with E-state index in [4.69, 9.17) is 17.3 Å². The van der Waals surface area contributed by atoms with E-state index in [0.717, 1.165) is 23.7 Å². The second kappa shape index (κ2) is 6.50. The molecule has 0 amide bonds. The van der Waals surface area contributed by atoms with Gasteiger partial charge in [-0.15, -0.1) is 0 Å². The maximum Gasteiger partial charge on any atom is 0.0459 e. The van der Waals surface area contributed by atoms with Gasteiger partial charge >= 0.3 is 0 Å². The number of halogens is 1. The minimum atomic E-state index is 0.534. The van der Waals surface area contributed by atoms with Crippen LogP contribution in [0.25, 0.3) is 0 Å². The van der Waals surface area contributed by atoms with Crippen molar-refractivity contribution in [2.24, 2.45) is 5.73 Å². The number of rotatable bonds is 3. The summed E-state index contributed by atoms with van der Waals surface area (Å²) < 4.78 is 0. The van der Waals surface area contributed by atoms with E-state index in [-0.39, 0.29) is 0 Å². The zero-order chi connectivity index (χ0) is 14.7. The molecule has 1 aliphatic rings. The quantitative estimate of drug-likeness (QED) is 0.923. The molecule has 1 heterocycles. The van der Waals surface area contributed by atoms with Gasteiger partial charge in [-0.05, 0) is 48.1 Å². The summed E-state index contributed by atoms with van der Waals surface area (Å²) in [5, 5.41) is 0.819. The van der Waals surface area contributed by atoms with Crippen molar-refractivity contribution in [3.8, 4) is 0 Å². The molecule has 0 aromatic heterocycles. The van der Waals surface area contributed by atoms with Gasteiger partial charge in [0.05, 0.1) is 0 Å². The van der Waals surface area contributed by atoms with Crippen molar-refractivity contribution < 1.29 is 0 Å². The first kappa shape index (κ1) is 14.4. The molecule has 2 N–H and O–H groups in total. The maximum atomic E-state index is 6.41. The summed E-state index contributed by atoms with van der Waals surface area (Å²) in [7, 11) is 0. The normalized spacial score (nSPS) is 14.7. The van der Waals surface area contributed by atoms with E-state index in [1.807, 2.05) is 6.07 Å². The highest BCUT2D eigenvalue weighted by Crippen LogP contribution is 2.29. The minimum absolute atomic E-state index is 0.534. The van der Waals surface area contributed by atoms with Crippen LogP contribution in [0.3, 0.4) is 0 Å². The summed E-state index contributed by atoms with van der Waals surface area (Å²) >= 11 is 6.41. The Morgan fingerprint density at radius 2 is 1.95 bits per heavy atom. The van der Waals surface area contributed by atoms with Crippen molar-refractivity contribution >= 4 is 17.3 Å². The fourth-order valence-electron chi connectivity index (χ4n) is 2.99. The van der Waals surface area contributed by atoms with Gasteiger partial charge in [0.2, 0.25) is 0 Å². The van der Waals surface area contributed by atoms with Crippen LogP contribution in [0.4, 0.5) is 5.69 Å². The van der Waals surface area contributed by atoms with Gasteiger partial charge < -0.3 is 10.6 Å². The molecule has 0 radical (unpaired) electrons. The van der Waals surface area contributed by atoms with Crippen molar-refractivity contribution in [1.82, 2.24) is 0 Å². The number of hydrogen-bond acceptors (Lipinski definition) is 2. The fraction of sp³-hybridized carbons (Fsp3) is 0.333. The summed E-state index contributed by atoms with van der Waals surface area (Å²) in [5.74, 6) is 0. The van der Waals surface area contributed by atoms with Crippen LogP contribution >= 0.6 is 11.6 Å². The second-order valence-electron chi connectivity index (χ2n) is 5.64. The molecular weight excluding hydrogens is 280 g/mol. The third kappa shape index (κ3) is 3.22. The van der Waals surface area contributed by atoms with Crippen molar-refractivity contribution in [2.75, 3.05) is 11.4 Å². The van der Waals surface area contributed by atoms with Crippen LogP contribution in [0, 0.1) is 0 Å². The van der Waals surface area contributed by atoms with Crippen LogP contribution in [0.5, 0.6) is 0 Å². The predicted molar refractivity (Wildman–Crippen MR) is 89.8 cm³/mol. The SMILES string of the molecule is NCc1ccc(CN2CCCCc3ccccc32)c(Cl)c1. The van der Waals surface area contributed by atoms with Crippen LogP contribution in [0.1, 0.15) is 29.5 Å². The van der Waals surface area contributed by atoms with E-state index in [1.54, 1.807) is 0 Å². The molecule has 0 saturated heterocycles. The average molecular weight is 301 g/mol. The van der Waals surface area contributed by atoms with Gasteiger partial charge in [0.25, 0.3) is 0 Å². The Kier molecular flexibility index (Phi) is 4.47. The molecule has 0 saturated carbocycles. The molecule has 0 fully saturated rings. The van der Waals surface area contributed by atoms with Gasteiger partial charge in [0.1, 0.15) is 0 Å². The van der Waals surface area contributed by atoms with Crippen LogP contribution in [0.15, 0.2) is 42.5 Å². The topological polar surface area (TPSA) is 29.3 Å². The average Bonchev–Trinajstić information content (AvgIpc) is 2.72. The van der Waals surface area contributed by atoms with E-state index in [0.29, 0.717) is 6.54 Å². The highest BCUT2D eigenvalue weighted by atomic mass is 35.5. The Morgan fingerprint density at radius 3 is 2.76 bits per heavy atom. The van der Waals surface area contributed by atoms with Crippen LogP contribution in [-0.4, -0.2) is 6.54 Å². The zero-order valence-electron chi connectivity index (χ0n) is 12.2. The van der Waals surface area contributed by atoms with Crippen LogP contribution in [0.2, 0.25) is 5.02 Å². The molecule has 21 heavy (non-hydrogen) atoms. The number of hydrogen-bond donors (Lipinski definition) is 1. The van der Waals surface area contributed by atoms with Crippen LogP contribution in [-0.2, 0) is 19.5 Å². The molecule has 110 valence electrons. The van der Waals surface area contributed by atoms with Gasteiger partial charge in [-0.2, -0.15) is 0 Å². The molecule has 2 aromatic rings. The summed E-state index contributed by atoms with van der Waals surface area (Å²) in [6.07, 6.45) is 3.66. The van der Waals surface area contributed by atoms with Crippen molar-refractivity contribution in [2.45, 2.75) is 32.4 Å². The highest BCUT2D eigenvalue weighted by Gasteiger charge is 2.16. The van der Waals surface area contributed by atoms with Crippen molar-refractivity contribution in [3.05, 3.63) is 64.2 Å². The number of benzene rings is 2. The van der Waals surface area contributed by atoms with E-state index in [9.17, 15) is 0 Å². The molecule has 0 spiro atoms. The number of aryl methyl sites for hydroxylation is 1. The Bertz CT molecular complexity index is 624. The van der Waals surface area contributed by atoms with Gasteiger partial charge in [0, 0.05) is 30.3 Å². The Labute approximate surface area is 131 Å². The molecular formula is C18H21ClN2. The lowest BCUT2D eigenvalue weighted by Crippen LogP contribution is -2.23. The standard InChI is InChI=1S/C18H21ClN2/c19-17-11-14(12-20)8-9-16(17)13-21-10-4-3-6-15-5-1-2-7-18(15)21/h1-2,5,7-9,11H,3-4,6,10,12-13,20H2. The summed E-state index contributed by atoms with van der Waals surface area (Å²) in [6.45, 7) is 2.49. The first-order chi connectivity index (χ1) is 10.3. The summed E-state index contributed by atoms with van der Waals surface area (Å²) in [4.78, 5) is 2.45. The van der Waals surface area contributed by atoms with Crippen molar-refractivity contribution in [3.63, 3.8) is 0 Å². The highest BCUT2D eigenvalue weighted by molar-refractivity contribution is 6.31. The zero-order valence-corrected chi connectivity index (χ0v) is 12.9. The van der Waals surface area contributed by atoms with Gasteiger partial charge in [-0.3, -0.25) is 0 Å². The van der Waals surface area contributed by atoms with Crippen molar-refractivity contribution in [1.29, 1.82) is 0 Å². The van der Waals surface area contributed by atoms with Crippen LogP contribution < -0.4 is 10.6 Å². The third-order valence-corrected chi connectivity index (χ3v) is 4.52. The van der Waals surface area contributed by atoms with Gasteiger partial charge in [0.15, 0.2) is 0 Å². The molecule has 0 atom stereocenters. The van der Waals surface area contributed by atoms with Gasteiger partial charge in [-0.25, -0.2) is 0 Å². The minimum Gasteiger partial charge on any atom is -0.367 e. The molecule has 2 nitrogen and oxygen atoms in total. The smallest absolute Gasteiger partial charge is 0.0459 e. The van der Waals surface area contributed by atoms with Gasteiger partial charge in [-0.1, -0.05) is 41.9 Å².